The van der Waals surface area contributed by atoms with E-state index < -0.39 is 0 Å². The summed E-state index contributed by atoms with van der Waals surface area (Å²) in [5, 5.41) is 2.99. The van der Waals surface area contributed by atoms with Gasteiger partial charge in [-0.25, -0.2) is 0 Å². The van der Waals surface area contributed by atoms with Gasteiger partial charge in [0.15, 0.2) is 0 Å². The number of hydrogen-bond donors (Lipinski definition) is 2. The summed E-state index contributed by atoms with van der Waals surface area (Å²) in [6.07, 6.45) is 0. The minimum Gasteiger partial charge on any atom is -0.397 e. The molecule has 0 heterocycles. The van der Waals surface area contributed by atoms with Crippen molar-refractivity contribution >= 4 is 28.9 Å². The summed E-state index contributed by atoms with van der Waals surface area (Å²) in [4.78, 5) is 10.7. The molecule has 1 rings (SSSR count). The number of amides is 1. The van der Waals surface area contributed by atoms with Crippen molar-refractivity contribution in [2.24, 2.45) is 0 Å². The Labute approximate surface area is 75.5 Å². The Morgan fingerprint density at radius 3 is 2.75 bits per heavy atom. The van der Waals surface area contributed by atoms with E-state index in [1.807, 2.05) is 0 Å². The van der Waals surface area contributed by atoms with Crippen molar-refractivity contribution in [3.63, 3.8) is 0 Å². The Hall–Kier alpha value is -1.22. The van der Waals surface area contributed by atoms with Gasteiger partial charge in [-0.15, -0.1) is 0 Å². The lowest BCUT2D eigenvalue weighted by molar-refractivity contribution is -0.114. The van der Waals surface area contributed by atoms with Crippen LogP contribution in [-0.2, 0) is 4.79 Å². The van der Waals surface area contributed by atoms with Crippen LogP contribution in [-0.4, -0.2) is 5.91 Å². The van der Waals surface area contributed by atoms with Gasteiger partial charge >= 0.3 is 0 Å². The zero-order valence-electron chi connectivity index (χ0n) is 6.60. The van der Waals surface area contributed by atoms with Gasteiger partial charge in [0.1, 0.15) is 0 Å². The maximum Gasteiger partial charge on any atom is 0.221 e. The molecule has 0 aliphatic rings. The fraction of sp³-hybridized carbons (Fsp3) is 0.125. The minimum atomic E-state index is -0.185. The topological polar surface area (TPSA) is 55.1 Å². The summed E-state index contributed by atoms with van der Waals surface area (Å²) in [6, 6.07) is 5.07. The second-order valence-corrected chi connectivity index (χ2v) is 2.79. The van der Waals surface area contributed by atoms with Gasteiger partial charge < -0.3 is 11.1 Å². The van der Waals surface area contributed by atoms with Crippen LogP contribution in [0.1, 0.15) is 6.92 Å². The van der Waals surface area contributed by atoms with Gasteiger partial charge in [-0.1, -0.05) is 17.7 Å². The number of hydrogen-bond acceptors (Lipinski definition) is 2. The lowest BCUT2D eigenvalue weighted by Crippen LogP contribution is -2.08. The lowest BCUT2D eigenvalue weighted by atomic mass is 10.2. The first-order valence-electron chi connectivity index (χ1n) is 3.43. The number of carbonyl (C=O) groups is 1. The third-order valence-corrected chi connectivity index (χ3v) is 1.66. The van der Waals surface area contributed by atoms with Crippen molar-refractivity contribution < 1.29 is 4.79 Å². The Morgan fingerprint density at radius 2 is 2.25 bits per heavy atom. The van der Waals surface area contributed by atoms with Crippen molar-refractivity contribution in [2.45, 2.75) is 6.92 Å². The fourth-order valence-electron chi connectivity index (χ4n) is 0.849. The number of rotatable bonds is 1. The number of halogens is 1. The van der Waals surface area contributed by atoms with E-state index >= 15 is 0 Å². The van der Waals surface area contributed by atoms with Crippen LogP contribution in [0.2, 0.25) is 5.02 Å². The van der Waals surface area contributed by atoms with Crippen LogP contribution < -0.4 is 11.1 Å². The molecule has 1 aromatic rings. The van der Waals surface area contributed by atoms with E-state index in [0.717, 1.165) is 0 Å². The van der Waals surface area contributed by atoms with Gasteiger partial charge in [0.25, 0.3) is 0 Å². The predicted octanol–water partition coefficient (Wildman–Crippen LogP) is 1.88. The number of nitrogens with two attached hydrogens (primary N) is 1. The molecule has 0 aliphatic carbocycles. The molecule has 0 spiro atoms. The maximum absolute atomic E-state index is 10.7. The summed E-state index contributed by atoms with van der Waals surface area (Å²) in [6.45, 7) is 1.41. The minimum absolute atomic E-state index is 0.185. The van der Waals surface area contributed by atoms with Gasteiger partial charge in [0.2, 0.25) is 5.91 Å². The summed E-state index contributed by atoms with van der Waals surface area (Å²) < 4.78 is 0. The Balaban J connectivity index is 3.04. The first kappa shape index (κ1) is 8.87. The standard InChI is InChI=1S/C8H9ClN2O/c1-5(12)11-8-6(9)3-2-4-7(8)10/h2-4H,10H2,1H3,(H,11,12). The quantitative estimate of drug-likeness (QED) is 0.655. The van der Waals surface area contributed by atoms with Gasteiger partial charge in [-0.05, 0) is 12.1 Å². The Kier molecular flexibility index (Phi) is 2.55. The monoisotopic (exact) mass is 184 g/mol. The maximum atomic E-state index is 10.7. The van der Waals surface area contributed by atoms with E-state index in [9.17, 15) is 4.79 Å². The number of anilines is 2. The zero-order valence-corrected chi connectivity index (χ0v) is 7.35. The van der Waals surface area contributed by atoms with Crippen LogP contribution in [0.3, 0.4) is 0 Å². The zero-order chi connectivity index (χ0) is 9.14. The van der Waals surface area contributed by atoms with E-state index in [2.05, 4.69) is 5.32 Å². The van der Waals surface area contributed by atoms with E-state index in [4.69, 9.17) is 17.3 Å². The van der Waals surface area contributed by atoms with Crippen molar-refractivity contribution in [2.75, 3.05) is 11.1 Å². The van der Waals surface area contributed by atoms with Crippen LogP contribution in [0.4, 0.5) is 11.4 Å². The Morgan fingerprint density at radius 1 is 1.58 bits per heavy atom. The van der Waals surface area contributed by atoms with Crippen molar-refractivity contribution in [1.29, 1.82) is 0 Å². The molecule has 1 aromatic carbocycles. The largest absolute Gasteiger partial charge is 0.397 e. The van der Waals surface area contributed by atoms with E-state index in [1.54, 1.807) is 18.2 Å². The van der Waals surface area contributed by atoms with Gasteiger partial charge in [-0.2, -0.15) is 0 Å². The predicted molar refractivity (Wildman–Crippen MR) is 50.2 cm³/mol. The highest BCUT2D eigenvalue weighted by atomic mass is 35.5. The molecule has 0 unspecified atom stereocenters. The average Bonchev–Trinajstić information content (AvgIpc) is 1.97. The first-order valence-corrected chi connectivity index (χ1v) is 3.80. The molecule has 0 atom stereocenters. The third kappa shape index (κ3) is 1.89. The van der Waals surface area contributed by atoms with E-state index in [-0.39, 0.29) is 5.91 Å². The molecule has 3 nitrogen and oxygen atoms in total. The molecule has 64 valence electrons. The highest BCUT2D eigenvalue weighted by molar-refractivity contribution is 6.34. The molecule has 12 heavy (non-hydrogen) atoms. The summed E-state index contributed by atoms with van der Waals surface area (Å²) >= 11 is 5.78. The summed E-state index contributed by atoms with van der Waals surface area (Å²) in [5.74, 6) is -0.185. The molecule has 0 aliphatic heterocycles. The van der Waals surface area contributed by atoms with Crippen LogP contribution in [0.5, 0.6) is 0 Å². The lowest BCUT2D eigenvalue weighted by Gasteiger charge is -2.06. The molecule has 0 fully saturated rings. The third-order valence-electron chi connectivity index (χ3n) is 1.35. The smallest absolute Gasteiger partial charge is 0.221 e. The molecule has 1 amide bonds. The fourth-order valence-corrected chi connectivity index (χ4v) is 1.08. The van der Waals surface area contributed by atoms with Crippen LogP contribution in [0.15, 0.2) is 18.2 Å². The number of nitrogen functional groups attached to an aromatic ring is 1. The van der Waals surface area contributed by atoms with Gasteiger partial charge in [-0.3, -0.25) is 4.79 Å². The van der Waals surface area contributed by atoms with E-state index in [1.165, 1.54) is 6.92 Å². The number of benzene rings is 1. The molecule has 3 N–H and O–H groups in total. The molecule has 0 bridgehead atoms. The van der Waals surface area contributed by atoms with Gasteiger partial charge in [0, 0.05) is 6.92 Å². The molecule has 4 heteroatoms. The molecule has 0 saturated carbocycles. The van der Waals surface area contributed by atoms with Crippen molar-refractivity contribution in [3.8, 4) is 0 Å². The average molecular weight is 185 g/mol. The summed E-state index contributed by atoms with van der Waals surface area (Å²) in [5.41, 5.74) is 6.52. The molecule has 0 radical (unpaired) electrons. The first-order chi connectivity index (χ1) is 5.61. The highest BCUT2D eigenvalue weighted by Crippen LogP contribution is 2.27. The molecular formula is C8H9ClN2O. The Bertz CT molecular complexity index is 292. The second-order valence-electron chi connectivity index (χ2n) is 2.39. The van der Waals surface area contributed by atoms with Crippen LogP contribution in [0.25, 0.3) is 0 Å². The van der Waals surface area contributed by atoms with Crippen molar-refractivity contribution in [3.05, 3.63) is 23.2 Å². The SMILES string of the molecule is CC(=O)Nc1c(N)cccc1Cl. The van der Waals surface area contributed by atoms with Crippen LogP contribution in [0, 0.1) is 0 Å². The van der Waals surface area contributed by atoms with Crippen molar-refractivity contribution in [1.82, 2.24) is 0 Å². The van der Waals surface area contributed by atoms with E-state index in [0.29, 0.717) is 16.4 Å². The number of nitrogens with one attached hydrogen (secondary N) is 1. The normalized spacial score (nSPS) is 9.50. The summed E-state index contributed by atoms with van der Waals surface area (Å²) in [7, 11) is 0. The number of carbonyl (C=O) groups excluding carboxylic acids is 1. The second kappa shape index (κ2) is 3.45. The highest BCUT2D eigenvalue weighted by Gasteiger charge is 2.04. The molecule has 0 saturated heterocycles. The van der Waals surface area contributed by atoms with Gasteiger partial charge in [0.05, 0.1) is 16.4 Å². The number of para-hydroxylation sites is 1. The molecular weight excluding hydrogens is 176 g/mol. The van der Waals surface area contributed by atoms with Crippen LogP contribution >= 0.6 is 11.6 Å². The molecule has 0 aromatic heterocycles.